The smallest absolute Gasteiger partial charge is 0.248 e. The number of carbonyl (C=O) groups excluding carboxylic acids is 1. The molecule has 0 aromatic heterocycles. The zero-order valence-corrected chi connectivity index (χ0v) is 19.0. The molecular formula is C24H27ClN2O3S. The average molecular weight is 459 g/mol. The maximum Gasteiger partial charge on any atom is 0.248 e. The molecule has 5 nitrogen and oxygen atoms in total. The number of hydrogen-bond acceptors (Lipinski definition) is 3. The van der Waals surface area contributed by atoms with Crippen molar-refractivity contribution in [2.45, 2.75) is 43.5 Å². The molecule has 4 atom stereocenters. The number of nitrogens with one attached hydrogen (secondary N) is 2. The number of sulfonamides is 1. The first-order valence-corrected chi connectivity index (χ1v) is 12.5. The van der Waals surface area contributed by atoms with Crippen LogP contribution in [0.25, 0.3) is 6.08 Å². The predicted molar refractivity (Wildman–Crippen MR) is 124 cm³/mol. The van der Waals surface area contributed by atoms with E-state index < -0.39 is 10.0 Å². The third-order valence-electron chi connectivity index (χ3n) is 6.48. The second kappa shape index (κ2) is 9.15. The van der Waals surface area contributed by atoms with Gasteiger partial charge in [0.15, 0.2) is 0 Å². The second-order valence-electron chi connectivity index (χ2n) is 8.65. The van der Waals surface area contributed by atoms with Gasteiger partial charge in [-0.2, -0.15) is 0 Å². The maximum atomic E-state index is 12.8. The molecule has 0 unspecified atom stereocenters. The lowest BCUT2D eigenvalue weighted by Gasteiger charge is -2.28. The van der Waals surface area contributed by atoms with E-state index in [4.69, 9.17) is 11.6 Å². The van der Waals surface area contributed by atoms with E-state index in [1.165, 1.54) is 37.5 Å². The van der Waals surface area contributed by atoms with Crippen LogP contribution in [0.1, 0.15) is 38.2 Å². The Kier molecular flexibility index (Phi) is 6.51. The standard InChI is InChI=1S/C24H27ClN2O3S/c1-16(23-15-18-5-7-19(23)13-18)27-31(29,30)22-10-8-21(9-11-22)26-24(28)12-6-17-3-2-4-20(25)14-17/h2-4,6,8-12,14,16,18-19,23,27H,5,7,13,15H2,1H3,(H,26,28)/b12-6+/t16-,18-,19-,23-/m1/s1. The van der Waals surface area contributed by atoms with E-state index in [2.05, 4.69) is 10.0 Å². The van der Waals surface area contributed by atoms with E-state index in [0.29, 0.717) is 22.5 Å². The molecule has 0 spiro atoms. The number of halogens is 1. The highest BCUT2D eigenvalue weighted by atomic mass is 35.5. The van der Waals surface area contributed by atoms with Gasteiger partial charge in [-0.1, -0.05) is 30.2 Å². The van der Waals surface area contributed by atoms with E-state index in [1.807, 2.05) is 19.1 Å². The van der Waals surface area contributed by atoms with Gasteiger partial charge in [-0.05, 0) is 92.0 Å². The summed E-state index contributed by atoms with van der Waals surface area (Å²) in [6.07, 6.45) is 7.97. The first kappa shape index (κ1) is 22.1. The van der Waals surface area contributed by atoms with Crippen LogP contribution in [-0.2, 0) is 14.8 Å². The first-order chi connectivity index (χ1) is 14.8. The molecule has 0 saturated heterocycles. The molecule has 0 radical (unpaired) electrons. The van der Waals surface area contributed by atoms with Crippen LogP contribution in [0.4, 0.5) is 5.69 Å². The van der Waals surface area contributed by atoms with Crippen LogP contribution < -0.4 is 10.0 Å². The van der Waals surface area contributed by atoms with Crippen LogP contribution >= 0.6 is 11.6 Å². The van der Waals surface area contributed by atoms with Crippen LogP contribution in [0.5, 0.6) is 0 Å². The lowest BCUT2D eigenvalue weighted by atomic mass is 9.84. The van der Waals surface area contributed by atoms with Gasteiger partial charge in [0.2, 0.25) is 15.9 Å². The number of amides is 1. The third-order valence-corrected chi connectivity index (χ3v) is 8.29. The molecular weight excluding hydrogens is 432 g/mol. The van der Waals surface area contributed by atoms with Gasteiger partial charge in [-0.3, -0.25) is 4.79 Å². The Labute approximate surface area is 188 Å². The molecule has 164 valence electrons. The third kappa shape index (κ3) is 5.37. The molecule has 7 heteroatoms. The predicted octanol–water partition coefficient (Wildman–Crippen LogP) is 5.09. The number of hydrogen-bond donors (Lipinski definition) is 2. The number of benzene rings is 2. The Balaban J connectivity index is 1.35. The van der Waals surface area contributed by atoms with Crippen molar-refractivity contribution in [2.75, 3.05) is 5.32 Å². The molecule has 2 fully saturated rings. The quantitative estimate of drug-likeness (QED) is 0.567. The minimum absolute atomic E-state index is 0.0729. The monoisotopic (exact) mass is 458 g/mol. The maximum absolute atomic E-state index is 12.8. The number of carbonyl (C=O) groups is 1. The van der Waals surface area contributed by atoms with E-state index in [9.17, 15) is 13.2 Å². The van der Waals surface area contributed by atoms with Crippen molar-refractivity contribution in [3.8, 4) is 0 Å². The molecule has 2 N–H and O–H groups in total. The van der Waals surface area contributed by atoms with E-state index in [1.54, 1.807) is 30.3 Å². The number of fused-ring (bicyclic) bond motifs is 2. The van der Waals surface area contributed by atoms with Gasteiger partial charge in [-0.15, -0.1) is 0 Å². The van der Waals surface area contributed by atoms with E-state index >= 15 is 0 Å². The summed E-state index contributed by atoms with van der Waals surface area (Å²) in [7, 11) is -3.60. The summed E-state index contributed by atoms with van der Waals surface area (Å²) in [5.41, 5.74) is 1.35. The topological polar surface area (TPSA) is 75.3 Å². The summed E-state index contributed by atoms with van der Waals surface area (Å²) in [5.74, 6) is 1.55. The lowest BCUT2D eigenvalue weighted by molar-refractivity contribution is -0.111. The molecule has 0 aliphatic heterocycles. The van der Waals surface area contributed by atoms with Crippen LogP contribution in [0.2, 0.25) is 5.02 Å². The van der Waals surface area contributed by atoms with Crippen molar-refractivity contribution in [1.82, 2.24) is 4.72 Å². The van der Waals surface area contributed by atoms with Crippen LogP contribution in [-0.4, -0.2) is 20.4 Å². The highest BCUT2D eigenvalue weighted by Crippen LogP contribution is 2.49. The Morgan fingerprint density at radius 1 is 1.13 bits per heavy atom. The molecule has 2 aromatic rings. The highest BCUT2D eigenvalue weighted by Gasteiger charge is 2.42. The lowest BCUT2D eigenvalue weighted by Crippen LogP contribution is -2.40. The van der Waals surface area contributed by atoms with Crippen LogP contribution in [0.15, 0.2) is 59.5 Å². The normalized spacial score (nSPS) is 23.9. The van der Waals surface area contributed by atoms with Gasteiger partial charge >= 0.3 is 0 Å². The van der Waals surface area contributed by atoms with Crippen LogP contribution in [0.3, 0.4) is 0 Å². The number of rotatable bonds is 7. The van der Waals surface area contributed by atoms with Gasteiger partial charge in [0.05, 0.1) is 4.90 Å². The molecule has 2 aliphatic rings. The fourth-order valence-corrected chi connectivity index (χ4v) is 6.48. The first-order valence-electron chi connectivity index (χ1n) is 10.7. The Morgan fingerprint density at radius 2 is 1.90 bits per heavy atom. The fraction of sp³-hybridized carbons (Fsp3) is 0.375. The molecule has 0 heterocycles. The average Bonchev–Trinajstić information content (AvgIpc) is 3.36. The van der Waals surface area contributed by atoms with E-state index in [0.717, 1.165) is 17.9 Å². The van der Waals surface area contributed by atoms with E-state index in [-0.39, 0.29) is 16.8 Å². The zero-order chi connectivity index (χ0) is 22.0. The zero-order valence-electron chi connectivity index (χ0n) is 17.4. The van der Waals surface area contributed by atoms with Crippen molar-refractivity contribution in [3.05, 3.63) is 65.2 Å². The van der Waals surface area contributed by atoms with Crippen molar-refractivity contribution in [3.63, 3.8) is 0 Å². The Morgan fingerprint density at radius 3 is 2.55 bits per heavy atom. The van der Waals surface area contributed by atoms with Crippen LogP contribution in [0, 0.1) is 17.8 Å². The Bertz CT molecular complexity index is 1080. The summed E-state index contributed by atoms with van der Waals surface area (Å²) in [6.45, 7) is 1.98. The van der Waals surface area contributed by atoms with Crippen molar-refractivity contribution in [2.24, 2.45) is 17.8 Å². The van der Waals surface area contributed by atoms with Gasteiger partial charge < -0.3 is 5.32 Å². The largest absolute Gasteiger partial charge is 0.323 e. The minimum Gasteiger partial charge on any atom is -0.323 e. The summed E-state index contributed by atoms with van der Waals surface area (Å²) < 4.78 is 28.5. The molecule has 2 bridgehead atoms. The molecule has 31 heavy (non-hydrogen) atoms. The van der Waals surface area contributed by atoms with Crippen molar-refractivity contribution >= 4 is 39.3 Å². The molecule has 2 aliphatic carbocycles. The summed E-state index contributed by atoms with van der Waals surface area (Å²) in [4.78, 5) is 12.3. The SMILES string of the molecule is C[C@@H](NS(=O)(=O)c1ccc(NC(=O)/C=C/c2cccc(Cl)c2)cc1)[C@H]1C[C@@H]2CC[C@@H]1C2. The summed E-state index contributed by atoms with van der Waals surface area (Å²) in [5, 5.41) is 3.34. The van der Waals surface area contributed by atoms with Gasteiger partial charge in [0, 0.05) is 22.8 Å². The van der Waals surface area contributed by atoms with Gasteiger partial charge in [-0.25, -0.2) is 13.1 Å². The molecule has 2 saturated carbocycles. The van der Waals surface area contributed by atoms with Gasteiger partial charge in [0.1, 0.15) is 0 Å². The van der Waals surface area contributed by atoms with Gasteiger partial charge in [0.25, 0.3) is 0 Å². The molecule has 2 aromatic carbocycles. The fourth-order valence-electron chi connectivity index (χ4n) is 4.99. The summed E-state index contributed by atoms with van der Waals surface area (Å²) >= 11 is 5.94. The second-order valence-corrected chi connectivity index (χ2v) is 10.8. The minimum atomic E-state index is -3.60. The summed E-state index contributed by atoms with van der Waals surface area (Å²) in [6, 6.07) is 13.3. The molecule has 1 amide bonds. The number of anilines is 1. The van der Waals surface area contributed by atoms with Crippen molar-refractivity contribution < 1.29 is 13.2 Å². The van der Waals surface area contributed by atoms with Crippen molar-refractivity contribution in [1.29, 1.82) is 0 Å². The molecule has 4 rings (SSSR count). The Hall–Kier alpha value is -2.15. The highest BCUT2D eigenvalue weighted by molar-refractivity contribution is 7.89.